The van der Waals surface area contributed by atoms with Crippen LogP contribution in [0.4, 0.5) is 0 Å². The third kappa shape index (κ3) is 2.33. The topological polar surface area (TPSA) is 0 Å². The molecular weight excluding hydrogens is 216 g/mol. The molecule has 1 atom stereocenters. The van der Waals surface area contributed by atoms with Gasteiger partial charge in [-0.15, -0.1) is 0 Å². The van der Waals surface area contributed by atoms with Gasteiger partial charge in [0, 0.05) is 5.41 Å². The molecule has 0 amide bonds. The van der Waals surface area contributed by atoms with E-state index in [4.69, 9.17) is 0 Å². The molecule has 0 heteroatoms. The van der Waals surface area contributed by atoms with E-state index in [1.165, 1.54) is 16.7 Å². The van der Waals surface area contributed by atoms with E-state index in [1.54, 1.807) is 0 Å². The molecule has 18 heavy (non-hydrogen) atoms. The van der Waals surface area contributed by atoms with Gasteiger partial charge in [-0.25, -0.2) is 0 Å². The normalized spacial score (nSPS) is 22.4. The Hall–Kier alpha value is -1.56. The van der Waals surface area contributed by atoms with Crippen LogP contribution in [-0.4, -0.2) is 0 Å². The number of allylic oxidation sites excluding steroid dienone is 5. The summed E-state index contributed by atoms with van der Waals surface area (Å²) in [5, 5.41) is 0. The molecular formula is C18H22. The summed E-state index contributed by atoms with van der Waals surface area (Å²) in [5.41, 5.74) is 3.99. The SMILES string of the molecule is C=C(c1ccccc1C(C)C)C1(C)C=CC=CC1. The van der Waals surface area contributed by atoms with E-state index in [0.29, 0.717) is 5.92 Å². The third-order valence-corrected chi connectivity index (χ3v) is 3.85. The van der Waals surface area contributed by atoms with Gasteiger partial charge in [-0.1, -0.05) is 75.9 Å². The molecule has 0 fully saturated rings. The highest BCUT2D eigenvalue weighted by atomic mass is 14.3. The lowest BCUT2D eigenvalue weighted by Gasteiger charge is -2.31. The summed E-state index contributed by atoms with van der Waals surface area (Å²) in [5.74, 6) is 0.532. The maximum Gasteiger partial charge on any atom is 0.0141 e. The maximum atomic E-state index is 4.38. The molecule has 1 unspecified atom stereocenters. The van der Waals surface area contributed by atoms with Gasteiger partial charge in [0.25, 0.3) is 0 Å². The molecule has 1 aliphatic carbocycles. The molecule has 1 aromatic rings. The van der Waals surface area contributed by atoms with E-state index < -0.39 is 0 Å². The predicted octanol–water partition coefficient (Wildman–Crippen LogP) is 5.35. The van der Waals surface area contributed by atoms with Gasteiger partial charge in [0.1, 0.15) is 0 Å². The van der Waals surface area contributed by atoms with Crippen LogP contribution in [0.15, 0.2) is 55.1 Å². The van der Waals surface area contributed by atoms with Crippen molar-refractivity contribution in [3.8, 4) is 0 Å². The summed E-state index contributed by atoms with van der Waals surface area (Å²) in [6, 6.07) is 8.65. The van der Waals surface area contributed by atoms with Gasteiger partial charge in [0.05, 0.1) is 0 Å². The Kier molecular flexibility index (Phi) is 3.56. The zero-order chi connectivity index (χ0) is 13.2. The minimum atomic E-state index is 0.0553. The van der Waals surface area contributed by atoms with Crippen molar-refractivity contribution in [2.45, 2.75) is 33.1 Å². The summed E-state index contributed by atoms with van der Waals surface area (Å²) in [4.78, 5) is 0. The molecule has 0 N–H and O–H groups in total. The number of benzene rings is 1. The average molecular weight is 238 g/mol. The van der Waals surface area contributed by atoms with Crippen molar-refractivity contribution >= 4 is 5.57 Å². The van der Waals surface area contributed by atoms with Gasteiger partial charge >= 0.3 is 0 Å². The van der Waals surface area contributed by atoms with Crippen LogP contribution < -0.4 is 0 Å². The monoisotopic (exact) mass is 238 g/mol. The molecule has 1 aromatic carbocycles. The summed E-state index contributed by atoms with van der Waals surface area (Å²) < 4.78 is 0. The van der Waals surface area contributed by atoms with Crippen LogP contribution >= 0.6 is 0 Å². The van der Waals surface area contributed by atoms with Crippen molar-refractivity contribution < 1.29 is 0 Å². The summed E-state index contributed by atoms with van der Waals surface area (Å²) in [6.07, 6.45) is 9.78. The molecule has 0 radical (unpaired) electrons. The standard InChI is InChI=1S/C18H22/c1-14(2)16-10-6-7-11-17(16)15(3)18(4)12-8-5-9-13-18/h5-12,14H,3,13H2,1-2,4H3. The van der Waals surface area contributed by atoms with Gasteiger partial charge in [-0.05, 0) is 29.0 Å². The first kappa shape index (κ1) is 12.9. The van der Waals surface area contributed by atoms with Gasteiger partial charge in [0.2, 0.25) is 0 Å². The minimum absolute atomic E-state index is 0.0553. The first-order chi connectivity index (χ1) is 8.54. The van der Waals surface area contributed by atoms with E-state index in [9.17, 15) is 0 Å². The third-order valence-electron chi connectivity index (χ3n) is 3.85. The van der Waals surface area contributed by atoms with E-state index in [-0.39, 0.29) is 5.41 Å². The molecule has 94 valence electrons. The molecule has 2 rings (SSSR count). The zero-order valence-corrected chi connectivity index (χ0v) is 11.6. The van der Waals surface area contributed by atoms with Crippen LogP contribution in [-0.2, 0) is 0 Å². The Bertz CT molecular complexity index is 503. The highest BCUT2D eigenvalue weighted by Crippen LogP contribution is 2.42. The van der Waals surface area contributed by atoms with Gasteiger partial charge in [0.15, 0.2) is 0 Å². The fourth-order valence-corrected chi connectivity index (χ4v) is 2.53. The Balaban J connectivity index is 2.40. The second-order valence-corrected chi connectivity index (χ2v) is 5.63. The molecule has 0 saturated carbocycles. The lowest BCUT2D eigenvalue weighted by Crippen LogP contribution is -2.16. The van der Waals surface area contributed by atoms with E-state index in [2.05, 4.69) is 75.9 Å². The smallest absolute Gasteiger partial charge is 0.0141 e. The molecule has 0 aromatic heterocycles. The van der Waals surface area contributed by atoms with Crippen molar-refractivity contribution in [1.82, 2.24) is 0 Å². The predicted molar refractivity (Wildman–Crippen MR) is 80.6 cm³/mol. The van der Waals surface area contributed by atoms with Crippen molar-refractivity contribution in [1.29, 1.82) is 0 Å². The highest BCUT2D eigenvalue weighted by molar-refractivity contribution is 5.73. The Morgan fingerprint density at radius 1 is 1.22 bits per heavy atom. The highest BCUT2D eigenvalue weighted by Gasteiger charge is 2.27. The Labute approximate surface area is 111 Å². The first-order valence-corrected chi connectivity index (χ1v) is 6.67. The second-order valence-electron chi connectivity index (χ2n) is 5.63. The molecule has 0 heterocycles. The average Bonchev–Trinajstić information content (AvgIpc) is 2.38. The van der Waals surface area contributed by atoms with Gasteiger partial charge in [-0.2, -0.15) is 0 Å². The minimum Gasteiger partial charge on any atom is -0.0943 e. The fraction of sp³-hybridized carbons (Fsp3) is 0.333. The van der Waals surface area contributed by atoms with Crippen molar-refractivity contribution in [2.24, 2.45) is 5.41 Å². The first-order valence-electron chi connectivity index (χ1n) is 6.67. The van der Waals surface area contributed by atoms with E-state index >= 15 is 0 Å². The summed E-state index contributed by atoms with van der Waals surface area (Å²) >= 11 is 0. The van der Waals surface area contributed by atoms with Crippen molar-refractivity contribution in [2.75, 3.05) is 0 Å². The largest absolute Gasteiger partial charge is 0.0943 e. The van der Waals surface area contributed by atoms with Crippen LogP contribution in [0, 0.1) is 5.41 Å². The molecule has 0 nitrogen and oxygen atoms in total. The number of hydrogen-bond acceptors (Lipinski definition) is 0. The maximum absolute atomic E-state index is 4.38. The van der Waals surface area contributed by atoms with Crippen LogP contribution in [0.3, 0.4) is 0 Å². The van der Waals surface area contributed by atoms with Crippen LogP contribution in [0.2, 0.25) is 0 Å². The lowest BCUT2D eigenvalue weighted by molar-refractivity contribution is 0.578. The second kappa shape index (κ2) is 4.97. The number of rotatable bonds is 3. The quantitative estimate of drug-likeness (QED) is 0.666. The molecule has 0 spiro atoms. The molecule has 0 aliphatic heterocycles. The van der Waals surface area contributed by atoms with E-state index in [1.807, 2.05) is 0 Å². The molecule has 0 saturated heterocycles. The Morgan fingerprint density at radius 2 is 1.94 bits per heavy atom. The van der Waals surface area contributed by atoms with Gasteiger partial charge in [-0.3, -0.25) is 0 Å². The summed E-state index contributed by atoms with van der Waals surface area (Å²) in [6.45, 7) is 11.1. The summed E-state index contributed by atoms with van der Waals surface area (Å²) in [7, 11) is 0. The zero-order valence-electron chi connectivity index (χ0n) is 11.6. The van der Waals surface area contributed by atoms with Crippen molar-refractivity contribution in [3.63, 3.8) is 0 Å². The van der Waals surface area contributed by atoms with E-state index in [0.717, 1.165) is 6.42 Å². The van der Waals surface area contributed by atoms with Gasteiger partial charge < -0.3 is 0 Å². The van der Waals surface area contributed by atoms with Crippen LogP contribution in [0.5, 0.6) is 0 Å². The number of hydrogen-bond donors (Lipinski definition) is 0. The Morgan fingerprint density at radius 3 is 2.56 bits per heavy atom. The fourth-order valence-electron chi connectivity index (χ4n) is 2.53. The van der Waals surface area contributed by atoms with Crippen LogP contribution in [0.1, 0.15) is 44.2 Å². The lowest BCUT2D eigenvalue weighted by atomic mass is 9.73. The van der Waals surface area contributed by atoms with Crippen LogP contribution in [0.25, 0.3) is 5.57 Å². The molecule has 0 bridgehead atoms. The van der Waals surface area contributed by atoms with Crippen molar-refractivity contribution in [3.05, 3.63) is 66.3 Å². The molecule has 1 aliphatic rings.